The van der Waals surface area contributed by atoms with E-state index in [1.54, 1.807) is 0 Å². The minimum absolute atomic E-state index is 0.0209. The Bertz CT molecular complexity index is 425. The second-order valence-electron chi connectivity index (χ2n) is 6.06. The summed E-state index contributed by atoms with van der Waals surface area (Å²) in [6, 6.07) is 0. The van der Waals surface area contributed by atoms with E-state index in [0.717, 1.165) is 25.7 Å². The zero-order chi connectivity index (χ0) is 15.9. The topological polar surface area (TPSA) is 92.7 Å². The van der Waals surface area contributed by atoms with Crippen molar-refractivity contribution in [3.63, 3.8) is 0 Å². The van der Waals surface area contributed by atoms with Gasteiger partial charge >= 0.3 is 5.97 Å². The molecule has 0 saturated heterocycles. The van der Waals surface area contributed by atoms with Crippen molar-refractivity contribution < 1.29 is 23.1 Å². The van der Waals surface area contributed by atoms with Crippen LogP contribution in [0.5, 0.6) is 0 Å². The molecule has 0 unspecified atom stereocenters. The minimum atomic E-state index is -3.50. The van der Waals surface area contributed by atoms with Crippen molar-refractivity contribution in [2.75, 3.05) is 18.9 Å². The molecule has 1 aliphatic rings. The summed E-state index contributed by atoms with van der Waals surface area (Å²) >= 11 is 0. The molecule has 0 bridgehead atoms. The summed E-state index contributed by atoms with van der Waals surface area (Å²) < 4.78 is 31.5. The van der Waals surface area contributed by atoms with Gasteiger partial charge in [-0.3, -0.25) is 4.79 Å². The van der Waals surface area contributed by atoms with E-state index >= 15 is 0 Å². The molecule has 1 saturated carbocycles. The van der Waals surface area contributed by atoms with Gasteiger partial charge in [-0.25, -0.2) is 13.1 Å². The van der Waals surface area contributed by atoms with Gasteiger partial charge in [-0.2, -0.15) is 0 Å². The molecular formula is C14H27NO5S. The van der Waals surface area contributed by atoms with Crippen molar-refractivity contribution in [3.05, 3.63) is 0 Å². The van der Waals surface area contributed by atoms with Crippen LogP contribution in [0.25, 0.3) is 0 Å². The molecule has 0 atom stereocenters. The van der Waals surface area contributed by atoms with Gasteiger partial charge < -0.3 is 9.84 Å². The number of carboxylic acid groups (broad SMARTS) is 1. The molecule has 0 aromatic heterocycles. The number of rotatable bonds is 8. The van der Waals surface area contributed by atoms with Gasteiger partial charge in [0.2, 0.25) is 10.0 Å². The quantitative estimate of drug-likeness (QED) is 0.665. The Morgan fingerprint density at radius 2 is 1.81 bits per heavy atom. The van der Waals surface area contributed by atoms with Crippen LogP contribution in [0.2, 0.25) is 0 Å². The van der Waals surface area contributed by atoms with Crippen LogP contribution in [-0.4, -0.2) is 44.5 Å². The van der Waals surface area contributed by atoms with Crippen LogP contribution >= 0.6 is 0 Å². The third kappa shape index (κ3) is 6.32. The van der Waals surface area contributed by atoms with Gasteiger partial charge in [0.1, 0.15) is 0 Å². The Hall–Kier alpha value is -0.660. The third-order valence-electron chi connectivity index (χ3n) is 3.95. The van der Waals surface area contributed by atoms with Crippen LogP contribution in [0.15, 0.2) is 0 Å². The average Bonchev–Trinajstić information content (AvgIpc) is 2.62. The molecule has 7 heteroatoms. The average molecular weight is 321 g/mol. The van der Waals surface area contributed by atoms with E-state index in [1.807, 2.05) is 13.8 Å². The summed E-state index contributed by atoms with van der Waals surface area (Å²) in [7, 11) is -3.50. The molecule has 0 aromatic carbocycles. The molecular weight excluding hydrogens is 294 g/mol. The monoisotopic (exact) mass is 321 g/mol. The fraction of sp³-hybridized carbons (Fsp3) is 0.929. The normalized spacial score (nSPS) is 19.4. The standard InChI is InChI=1S/C14H27NO5S/c1-12(2)20-9-10-21(18,19)15-11-14(13(16)17)7-5-3-4-6-8-14/h12,15H,3-11H2,1-2H3,(H,16,17). The summed E-state index contributed by atoms with van der Waals surface area (Å²) in [6.07, 6.45) is 4.76. The van der Waals surface area contributed by atoms with Crippen LogP contribution in [-0.2, 0) is 19.6 Å². The Morgan fingerprint density at radius 1 is 1.24 bits per heavy atom. The van der Waals surface area contributed by atoms with Gasteiger partial charge in [0, 0.05) is 6.54 Å². The van der Waals surface area contributed by atoms with E-state index in [-0.39, 0.29) is 25.0 Å². The molecule has 124 valence electrons. The molecule has 0 amide bonds. The molecule has 0 aromatic rings. The molecule has 0 heterocycles. The van der Waals surface area contributed by atoms with Crippen molar-refractivity contribution in [1.82, 2.24) is 4.72 Å². The molecule has 21 heavy (non-hydrogen) atoms. The molecule has 6 nitrogen and oxygen atoms in total. The van der Waals surface area contributed by atoms with E-state index in [1.165, 1.54) is 0 Å². The van der Waals surface area contributed by atoms with E-state index in [2.05, 4.69) is 4.72 Å². The molecule has 2 N–H and O–H groups in total. The largest absolute Gasteiger partial charge is 0.481 e. The lowest BCUT2D eigenvalue weighted by atomic mass is 9.80. The van der Waals surface area contributed by atoms with Gasteiger partial charge in [0.15, 0.2) is 0 Å². The smallest absolute Gasteiger partial charge is 0.310 e. The number of hydrogen-bond acceptors (Lipinski definition) is 4. The predicted molar refractivity (Wildman–Crippen MR) is 80.6 cm³/mol. The van der Waals surface area contributed by atoms with Crippen molar-refractivity contribution in [2.45, 2.75) is 58.5 Å². The van der Waals surface area contributed by atoms with E-state index < -0.39 is 21.4 Å². The van der Waals surface area contributed by atoms with Gasteiger partial charge in [-0.05, 0) is 26.7 Å². The number of carbonyl (C=O) groups is 1. The van der Waals surface area contributed by atoms with Crippen LogP contribution in [0, 0.1) is 5.41 Å². The van der Waals surface area contributed by atoms with Crippen molar-refractivity contribution in [2.24, 2.45) is 5.41 Å². The predicted octanol–water partition coefficient (Wildman–Crippen LogP) is 1.76. The van der Waals surface area contributed by atoms with Crippen LogP contribution in [0.1, 0.15) is 52.4 Å². The van der Waals surface area contributed by atoms with Gasteiger partial charge in [0.25, 0.3) is 0 Å². The number of carboxylic acids is 1. The zero-order valence-electron chi connectivity index (χ0n) is 12.9. The van der Waals surface area contributed by atoms with E-state index in [9.17, 15) is 18.3 Å². The van der Waals surface area contributed by atoms with Crippen LogP contribution < -0.4 is 4.72 Å². The van der Waals surface area contributed by atoms with Crippen LogP contribution in [0.4, 0.5) is 0 Å². The Labute approximate surface area is 127 Å². The Balaban J connectivity index is 2.58. The minimum Gasteiger partial charge on any atom is -0.481 e. The lowest BCUT2D eigenvalue weighted by Crippen LogP contribution is -2.43. The van der Waals surface area contributed by atoms with E-state index in [4.69, 9.17) is 4.74 Å². The van der Waals surface area contributed by atoms with E-state index in [0.29, 0.717) is 12.8 Å². The first-order chi connectivity index (χ1) is 9.77. The Morgan fingerprint density at radius 3 is 2.29 bits per heavy atom. The lowest BCUT2D eigenvalue weighted by Gasteiger charge is -2.28. The molecule has 1 aliphatic carbocycles. The fourth-order valence-electron chi connectivity index (χ4n) is 2.59. The second kappa shape index (κ2) is 8.10. The highest BCUT2D eigenvalue weighted by Crippen LogP contribution is 2.35. The fourth-order valence-corrected chi connectivity index (χ4v) is 3.54. The summed E-state index contributed by atoms with van der Waals surface area (Å²) in [6.45, 7) is 3.77. The van der Waals surface area contributed by atoms with Crippen molar-refractivity contribution in [1.29, 1.82) is 0 Å². The summed E-state index contributed by atoms with van der Waals surface area (Å²) in [4.78, 5) is 11.6. The Kier molecular flexibility index (Phi) is 7.09. The highest BCUT2D eigenvalue weighted by Gasteiger charge is 2.39. The number of ether oxygens (including phenoxy) is 1. The summed E-state index contributed by atoms with van der Waals surface area (Å²) in [5.41, 5.74) is -0.956. The van der Waals surface area contributed by atoms with Crippen molar-refractivity contribution >= 4 is 16.0 Å². The highest BCUT2D eigenvalue weighted by atomic mass is 32.2. The maximum atomic E-state index is 11.9. The molecule has 0 radical (unpaired) electrons. The second-order valence-corrected chi connectivity index (χ2v) is 7.99. The highest BCUT2D eigenvalue weighted by molar-refractivity contribution is 7.89. The lowest BCUT2D eigenvalue weighted by molar-refractivity contribution is -0.149. The first-order valence-electron chi connectivity index (χ1n) is 7.60. The third-order valence-corrected chi connectivity index (χ3v) is 5.24. The van der Waals surface area contributed by atoms with Crippen molar-refractivity contribution in [3.8, 4) is 0 Å². The number of aliphatic carboxylic acids is 1. The summed E-state index contributed by atoms with van der Waals surface area (Å²) in [5.74, 6) is -1.04. The molecule has 1 rings (SSSR count). The number of sulfonamides is 1. The number of nitrogens with one attached hydrogen (secondary N) is 1. The summed E-state index contributed by atoms with van der Waals surface area (Å²) in [5, 5.41) is 9.50. The molecule has 1 fully saturated rings. The first-order valence-corrected chi connectivity index (χ1v) is 9.25. The van der Waals surface area contributed by atoms with Gasteiger partial charge in [-0.15, -0.1) is 0 Å². The maximum Gasteiger partial charge on any atom is 0.310 e. The first kappa shape index (κ1) is 18.4. The molecule has 0 spiro atoms. The number of hydrogen-bond donors (Lipinski definition) is 2. The maximum absolute atomic E-state index is 11.9. The van der Waals surface area contributed by atoms with Crippen LogP contribution in [0.3, 0.4) is 0 Å². The van der Waals surface area contributed by atoms with Gasteiger partial charge in [0.05, 0.1) is 23.9 Å². The zero-order valence-corrected chi connectivity index (χ0v) is 13.7. The SMILES string of the molecule is CC(C)OCCS(=O)(=O)NCC1(C(=O)O)CCCCCC1. The molecule has 0 aliphatic heterocycles. The van der Waals surface area contributed by atoms with Gasteiger partial charge in [-0.1, -0.05) is 25.7 Å².